The lowest BCUT2D eigenvalue weighted by atomic mass is 10.1. The molecule has 32 heavy (non-hydrogen) atoms. The number of aryl methyl sites for hydroxylation is 1. The van der Waals surface area contributed by atoms with Crippen LogP contribution in [0.15, 0.2) is 53.6 Å². The number of hydrogen-bond acceptors (Lipinski definition) is 7. The van der Waals surface area contributed by atoms with E-state index in [1.807, 2.05) is 36.4 Å². The summed E-state index contributed by atoms with van der Waals surface area (Å²) >= 11 is 0. The van der Waals surface area contributed by atoms with E-state index in [0.29, 0.717) is 29.1 Å². The standard InChI is InChI=1S/C22H24N8O2/c1-14-10-26-21(24-8-7-15-5-3-2-4-6-15)22(32)30(14)13-18(31)25-11-16-9-17-19(23)28-29-20(17)27-12-16/h2-6,9-10,12H,7-8,11,13H2,1H3,(H,24,26)(H,25,31)(H3,23,27,28,29). The average molecular weight is 432 g/mol. The predicted octanol–water partition coefficient (Wildman–Crippen LogP) is 1.38. The number of H-pyrrole nitrogens is 1. The molecule has 1 amide bonds. The van der Waals surface area contributed by atoms with Crippen molar-refractivity contribution in [2.45, 2.75) is 26.4 Å². The van der Waals surface area contributed by atoms with Gasteiger partial charge < -0.3 is 16.4 Å². The number of nitrogens with zero attached hydrogens (tertiary/aromatic N) is 4. The number of carbonyl (C=O) groups is 1. The molecule has 0 aliphatic rings. The van der Waals surface area contributed by atoms with E-state index >= 15 is 0 Å². The summed E-state index contributed by atoms with van der Waals surface area (Å²) in [6.45, 7) is 2.46. The van der Waals surface area contributed by atoms with Crippen LogP contribution in [0.2, 0.25) is 0 Å². The normalized spacial score (nSPS) is 10.9. The van der Waals surface area contributed by atoms with Gasteiger partial charge >= 0.3 is 0 Å². The molecular weight excluding hydrogens is 408 g/mol. The fourth-order valence-electron chi connectivity index (χ4n) is 3.32. The van der Waals surface area contributed by atoms with Gasteiger partial charge in [0.25, 0.3) is 5.56 Å². The summed E-state index contributed by atoms with van der Waals surface area (Å²) < 4.78 is 1.41. The van der Waals surface area contributed by atoms with Gasteiger partial charge in [-0.15, -0.1) is 0 Å². The number of hydrogen-bond donors (Lipinski definition) is 4. The van der Waals surface area contributed by atoms with Gasteiger partial charge in [0, 0.05) is 31.2 Å². The second kappa shape index (κ2) is 9.29. The molecule has 3 aromatic heterocycles. The van der Waals surface area contributed by atoms with Gasteiger partial charge in [-0.25, -0.2) is 9.97 Å². The minimum Gasteiger partial charge on any atom is -0.384 e. The van der Waals surface area contributed by atoms with Gasteiger partial charge in [-0.2, -0.15) is 5.10 Å². The van der Waals surface area contributed by atoms with Crippen molar-refractivity contribution in [2.24, 2.45) is 0 Å². The summed E-state index contributed by atoms with van der Waals surface area (Å²) in [4.78, 5) is 33.7. The fourth-order valence-corrected chi connectivity index (χ4v) is 3.32. The number of nitrogens with one attached hydrogen (secondary N) is 3. The van der Waals surface area contributed by atoms with E-state index in [1.165, 1.54) is 4.57 Å². The first-order valence-electron chi connectivity index (χ1n) is 10.2. The van der Waals surface area contributed by atoms with E-state index < -0.39 is 0 Å². The van der Waals surface area contributed by atoms with E-state index in [-0.39, 0.29) is 30.4 Å². The van der Waals surface area contributed by atoms with Gasteiger partial charge in [0.2, 0.25) is 5.91 Å². The van der Waals surface area contributed by atoms with E-state index in [9.17, 15) is 9.59 Å². The van der Waals surface area contributed by atoms with Crippen molar-refractivity contribution in [3.63, 3.8) is 0 Å². The summed E-state index contributed by atoms with van der Waals surface area (Å²) in [6, 6.07) is 11.8. The molecule has 4 rings (SSSR count). The number of aromatic amines is 1. The fraction of sp³-hybridized carbons (Fsp3) is 0.227. The minimum absolute atomic E-state index is 0.107. The molecule has 1 aromatic carbocycles. The zero-order valence-corrected chi connectivity index (χ0v) is 17.6. The number of fused-ring (bicyclic) bond motifs is 1. The number of nitrogen functional groups attached to an aromatic ring is 1. The second-order valence-corrected chi connectivity index (χ2v) is 7.43. The molecule has 0 aliphatic carbocycles. The summed E-state index contributed by atoms with van der Waals surface area (Å²) in [7, 11) is 0. The molecule has 0 spiro atoms. The number of pyridine rings is 1. The van der Waals surface area contributed by atoms with Crippen molar-refractivity contribution >= 4 is 28.6 Å². The summed E-state index contributed by atoms with van der Waals surface area (Å²) in [5.41, 5.74) is 8.56. The average Bonchev–Trinajstić information content (AvgIpc) is 3.17. The molecule has 3 heterocycles. The number of carbonyl (C=O) groups excluding carboxylic acids is 1. The van der Waals surface area contributed by atoms with Gasteiger partial charge in [0.05, 0.1) is 5.39 Å². The smallest absolute Gasteiger partial charge is 0.293 e. The summed E-state index contributed by atoms with van der Waals surface area (Å²) in [5.74, 6) is 0.355. The number of rotatable bonds is 8. The Bertz CT molecular complexity index is 1300. The molecule has 0 unspecified atom stereocenters. The Morgan fingerprint density at radius 2 is 1.97 bits per heavy atom. The molecule has 0 fully saturated rings. The van der Waals surface area contributed by atoms with Gasteiger partial charge in [0.1, 0.15) is 12.4 Å². The lowest BCUT2D eigenvalue weighted by Gasteiger charge is -2.12. The highest BCUT2D eigenvalue weighted by Crippen LogP contribution is 2.16. The Kier molecular flexibility index (Phi) is 6.11. The molecule has 0 bridgehead atoms. The first kappa shape index (κ1) is 21.0. The van der Waals surface area contributed by atoms with E-state index in [2.05, 4.69) is 30.8 Å². The predicted molar refractivity (Wildman–Crippen MR) is 122 cm³/mol. The number of benzene rings is 1. The molecule has 0 saturated heterocycles. The Morgan fingerprint density at radius 3 is 2.78 bits per heavy atom. The number of aromatic nitrogens is 5. The van der Waals surface area contributed by atoms with Crippen molar-refractivity contribution < 1.29 is 4.79 Å². The van der Waals surface area contributed by atoms with Gasteiger partial charge in [-0.1, -0.05) is 30.3 Å². The molecule has 10 heteroatoms. The Morgan fingerprint density at radius 1 is 1.16 bits per heavy atom. The first-order chi connectivity index (χ1) is 15.5. The molecule has 0 atom stereocenters. The second-order valence-electron chi connectivity index (χ2n) is 7.43. The molecule has 0 aliphatic heterocycles. The third-order valence-electron chi connectivity index (χ3n) is 5.09. The number of anilines is 2. The topological polar surface area (TPSA) is 144 Å². The van der Waals surface area contributed by atoms with Crippen molar-refractivity contribution in [3.8, 4) is 0 Å². The van der Waals surface area contributed by atoms with Crippen LogP contribution in [0.4, 0.5) is 11.6 Å². The van der Waals surface area contributed by atoms with Crippen molar-refractivity contribution in [1.29, 1.82) is 0 Å². The number of amides is 1. The van der Waals surface area contributed by atoms with Crippen LogP contribution in [-0.2, 0) is 24.3 Å². The first-order valence-corrected chi connectivity index (χ1v) is 10.2. The van der Waals surface area contributed by atoms with Gasteiger partial charge in [-0.3, -0.25) is 19.3 Å². The van der Waals surface area contributed by atoms with Gasteiger partial charge in [0.15, 0.2) is 11.5 Å². The lowest BCUT2D eigenvalue weighted by molar-refractivity contribution is -0.121. The van der Waals surface area contributed by atoms with Crippen molar-refractivity contribution in [2.75, 3.05) is 17.6 Å². The molecule has 0 saturated carbocycles. The SMILES string of the molecule is Cc1cnc(NCCc2ccccc2)c(=O)n1CC(=O)NCc1cnc2n[nH]c(N)c2c1. The minimum atomic E-state index is -0.331. The maximum absolute atomic E-state index is 12.8. The van der Waals surface area contributed by atoms with Crippen LogP contribution in [0.5, 0.6) is 0 Å². The lowest BCUT2D eigenvalue weighted by Crippen LogP contribution is -2.34. The quantitative estimate of drug-likeness (QED) is 0.329. The Labute approximate surface area is 183 Å². The third kappa shape index (κ3) is 4.75. The summed E-state index contributed by atoms with van der Waals surface area (Å²) in [6.07, 6.45) is 3.97. The third-order valence-corrected chi connectivity index (χ3v) is 5.09. The highest BCUT2D eigenvalue weighted by atomic mass is 16.2. The maximum atomic E-state index is 12.8. The Balaban J connectivity index is 1.37. The van der Waals surface area contributed by atoms with E-state index in [1.54, 1.807) is 19.3 Å². The van der Waals surface area contributed by atoms with Crippen LogP contribution in [0, 0.1) is 6.92 Å². The molecule has 10 nitrogen and oxygen atoms in total. The highest BCUT2D eigenvalue weighted by Gasteiger charge is 2.12. The van der Waals surface area contributed by atoms with Crippen molar-refractivity contribution in [3.05, 3.63) is 76.0 Å². The zero-order valence-electron chi connectivity index (χ0n) is 17.6. The van der Waals surface area contributed by atoms with Crippen LogP contribution in [0.3, 0.4) is 0 Å². The molecule has 5 N–H and O–H groups in total. The van der Waals surface area contributed by atoms with E-state index in [0.717, 1.165) is 17.5 Å². The molecular formula is C22H24N8O2. The monoisotopic (exact) mass is 432 g/mol. The zero-order chi connectivity index (χ0) is 22.5. The van der Waals surface area contributed by atoms with Crippen LogP contribution in [0.25, 0.3) is 11.0 Å². The Hall–Kier alpha value is -4.21. The largest absolute Gasteiger partial charge is 0.384 e. The number of nitrogens with two attached hydrogens (primary N) is 1. The van der Waals surface area contributed by atoms with Crippen LogP contribution in [-0.4, -0.2) is 37.2 Å². The van der Waals surface area contributed by atoms with Crippen LogP contribution < -0.4 is 21.9 Å². The summed E-state index contributed by atoms with van der Waals surface area (Å²) in [5, 5.41) is 13.2. The molecule has 0 radical (unpaired) electrons. The highest BCUT2D eigenvalue weighted by molar-refractivity contribution is 5.86. The van der Waals surface area contributed by atoms with Gasteiger partial charge in [-0.05, 0) is 30.5 Å². The van der Waals surface area contributed by atoms with Crippen LogP contribution >= 0.6 is 0 Å². The maximum Gasteiger partial charge on any atom is 0.293 e. The molecule has 4 aromatic rings. The van der Waals surface area contributed by atoms with Crippen molar-refractivity contribution in [1.82, 2.24) is 30.0 Å². The van der Waals surface area contributed by atoms with E-state index in [4.69, 9.17) is 5.73 Å². The molecule has 164 valence electrons. The van der Waals surface area contributed by atoms with Crippen LogP contribution in [0.1, 0.15) is 16.8 Å².